The van der Waals surface area contributed by atoms with Gasteiger partial charge in [0, 0.05) is 38.5 Å². The molecule has 204 valence electrons. The molecule has 0 saturated carbocycles. The van der Waals surface area contributed by atoms with Crippen LogP contribution in [0.2, 0.25) is 0 Å². The van der Waals surface area contributed by atoms with Gasteiger partial charge in [-0.3, -0.25) is 4.79 Å². The number of hydrogen-bond donors (Lipinski definition) is 0. The van der Waals surface area contributed by atoms with Crippen LogP contribution in [0.25, 0.3) is 16.7 Å². The van der Waals surface area contributed by atoms with Gasteiger partial charge in [-0.05, 0) is 63.9 Å². The zero-order valence-electron chi connectivity index (χ0n) is 22.9. The molecule has 2 aromatic carbocycles. The molecule has 2 aromatic heterocycles. The lowest BCUT2D eigenvalue weighted by atomic mass is 9.94. The second kappa shape index (κ2) is 10.9. The highest BCUT2D eigenvalue weighted by molar-refractivity contribution is 6.19. The Balaban J connectivity index is 1.56. The molecule has 1 fully saturated rings. The number of halogens is 2. The zero-order chi connectivity index (χ0) is 27.7. The standard InChI is InChI=1S/C30H34ClFN6O/c1-20-6-8-22(9-7-20)18-25-33-27(36-14-5-15-37(17-16-36)29(39)30(3,4)19-31)26-21(2)35-38(28(26)34-25)24-12-10-23(32)11-13-24/h6-13H,5,14-19H2,1-4H3. The first-order valence-electron chi connectivity index (χ1n) is 13.3. The van der Waals surface area contributed by atoms with Crippen molar-refractivity contribution in [2.45, 2.75) is 40.5 Å². The molecule has 5 rings (SSSR count). The molecular formula is C30H34ClFN6O. The molecule has 0 atom stereocenters. The summed E-state index contributed by atoms with van der Waals surface area (Å²) in [5.41, 5.74) is 3.93. The van der Waals surface area contributed by atoms with Crippen LogP contribution in [-0.2, 0) is 11.2 Å². The second-order valence-electron chi connectivity index (χ2n) is 10.9. The smallest absolute Gasteiger partial charge is 0.229 e. The van der Waals surface area contributed by atoms with E-state index in [1.54, 1.807) is 16.8 Å². The lowest BCUT2D eigenvalue weighted by Gasteiger charge is -2.30. The Morgan fingerprint density at radius 1 is 0.974 bits per heavy atom. The number of benzene rings is 2. The first-order valence-corrected chi connectivity index (χ1v) is 13.9. The quantitative estimate of drug-likeness (QED) is 0.299. The summed E-state index contributed by atoms with van der Waals surface area (Å²) in [5, 5.41) is 5.67. The third-order valence-corrected chi connectivity index (χ3v) is 7.95. The van der Waals surface area contributed by atoms with Crippen molar-refractivity contribution in [3.63, 3.8) is 0 Å². The number of amides is 1. The minimum absolute atomic E-state index is 0.0764. The topological polar surface area (TPSA) is 67.2 Å². The minimum atomic E-state index is -0.604. The Kier molecular flexibility index (Phi) is 7.58. The van der Waals surface area contributed by atoms with Crippen LogP contribution in [0.5, 0.6) is 0 Å². The average Bonchev–Trinajstić information content (AvgIpc) is 3.09. The number of carbonyl (C=O) groups is 1. The van der Waals surface area contributed by atoms with Crippen molar-refractivity contribution >= 4 is 34.4 Å². The van der Waals surface area contributed by atoms with E-state index < -0.39 is 5.41 Å². The lowest BCUT2D eigenvalue weighted by molar-refractivity contribution is -0.139. The van der Waals surface area contributed by atoms with Crippen LogP contribution in [0, 0.1) is 25.1 Å². The Bertz CT molecular complexity index is 1480. The molecule has 1 saturated heterocycles. The van der Waals surface area contributed by atoms with Crippen LogP contribution >= 0.6 is 11.6 Å². The molecule has 9 heteroatoms. The van der Waals surface area contributed by atoms with Crippen LogP contribution in [0.4, 0.5) is 10.2 Å². The molecule has 1 aliphatic rings. The molecule has 0 N–H and O–H groups in total. The fourth-order valence-electron chi connectivity index (χ4n) is 4.98. The summed E-state index contributed by atoms with van der Waals surface area (Å²) in [6.07, 6.45) is 1.38. The van der Waals surface area contributed by atoms with Gasteiger partial charge in [0.05, 0.1) is 22.2 Å². The van der Waals surface area contributed by atoms with Gasteiger partial charge >= 0.3 is 0 Å². The van der Waals surface area contributed by atoms with Gasteiger partial charge in [-0.2, -0.15) is 5.10 Å². The molecule has 0 unspecified atom stereocenters. The number of aryl methyl sites for hydroxylation is 2. The summed E-state index contributed by atoms with van der Waals surface area (Å²) in [6, 6.07) is 14.6. The monoisotopic (exact) mass is 548 g/mol. The molecule has 3 heterocycles. The van der Waals surface area contributed by atoms with Crippen molar-refractivity contribution in [1.82, 2.24) is 24.6 Å². The van der Waals surface area contributed by atoms with Gasteiger partial charge in [0.15, 0.2) is 5.65 Å². The summed E-state index contributed by atoms with van der Waals surface area (Å²) in [5.74, 6) is 1.56. The molecule has 0 bridgehead atoms. The number of hydrogen-bond acceptors (Lipinski definition) is 5. The van der Waals surface area contributed by atoms with Crippen LogP contribution in [0.3, 0.4) is 0 Å². The van der Waals surface area contributed by atoms with Gasteiger partial charge in [0.2, 0.25) is 5.91 Å². The molecule has 4 aromatic rings. The van der Waals surface area contributed by atoms with Crippen LogP contribution < -0.4 is 4.90 Å². The van der Waals surface area contributed by atoms with Crippen molar-refractivity contribution in [2.24, 2.45) is 5.41 Å². The highest BCUT2D eigenvalue weighted by Crippen LogP contribution is 2.31. The van der Waals surface area contributed by atoms with E-state index in [-0.39, 0.29) is 17.6 Å². The number of alkyl halides is 1. The first-order chi connectivity index (χ1) is 18.7. The summed E-state index contributed by atoms with van der Waals surface area (Å²) in [7, 11) is 0. The summed E-state index contributed by atoms with van der Waals surface area (Å²) < 4.78 is 15.5. The van der Waals surface area contributed by atoms with Gasteiger partial charge < -0.3 is 9.80 Å². The second-order valence-corrected chi connectivity index (χ2v) is 11.2. The molecule has 39 heavy (non-hydrogen) atoms. The zero-order valence-corrected chi connectivity index (χ0v) is 23.7. The van der Waals surface area contributed by atoms with Gasteiger partial charge in [-0.15, -0.1) is 11.6 Å². The molecule has 1 amide bonds. The lowest BCUT2D eigenvalue weighted by Crippen LogP contribution is -2.43. The maximum atomic E-state index is 13.7. The number of carbonyl (C=O) groups excluding carboxylic acids is 1. The van der Waals surface area contributed by atoms with E-state index in [0.717, 1.165) is 41.1 Å². The van der Waals surface area contributed by atoms with Crippen LogP contribution in [0.15, 0.2) is 48.5 Å². The van der Waals surface area contributed by atoms with E-state index in [0.29, 0.717) is 37.5 Å². The summed E-state index contributed by atoms with van der Waals surface area (Å²) >= 11 is 6.10. The van der Waals surface area contributed by atoms with Crippen molar-refractivity contribution in [3.8, 4) is 5.69 Å². The molecule has 7 nitrogen and oxygen atoms in total. The molecule has 0 spiro atoms. The first kappa shape index (κ1) is 27.1. The van der Waals surface area contributed by atoms with Crippen molar-refractivity contribution in [1.29, 1.82) is 0 Å². The van der Waals surface area contributed by atoms with Crippen molar-refractivity contribution in [3.05, 3.63) is 77.0 Å². The van der Waals surface area contributed by atoms with E-state index in [4.69, 9.17) is 26.7 Å². The highest BCUT2D eigenvalue weighted by atomic mass is 35.5. The molecular weight excluding hydrogens is 515 g/mol. The third kappa shape index (κ3) is 5.62. The number of aromatic nitrogens is 4. The fourth-order valence-corrected chi connectivity index (χ4v) is 5.10. The number of fused-ring (bicyclic) bond motifs is 1. The number of nitrogens with zero attached hydrogens (tertiary/aromatic N) is 6. The van der Waals surface area contributed by atoms with E-state index in [1.807, 2.05) is 25.7 Å². The summed E-state index contributed by atoms with van der Waals surface area (Å²) in [6.45, 7) is 10.5. The summed E-state index contributed by atoms with van der Waals surface area (Å²) in [4.78, 5) is 27.3. The highest BCUT2D eigenvalue weighted by Gasteiger charge is 2.33. The third-order valence-electron chi connectivity index (χ3n) is 7.28. The van der Waals surface area contributed by atoms with Gasteiger partial charge in [-0.25, -0.2) is 19.0 Å². The van der Waals surface area contributed by atoms with E-state index in [1.165, 1.54) is 17.7 Å². The number of anilines is 1. The molecule has 0 aliphatic carbocycles. The van der Waals surface area contributed by atoms with E-state index in [2.05, 4.69) is 36.1 Å². The van der Waals surface area contributed by atoms with Crippen molar-refractivity contribution in [2.75, 3.05) is 37.0 Å². The predicted molar refractivity (Wildman–Crippen MR) is 153 cm³/mol. The Morgan fingerprint density at radius 3 is 2.38 bits per heavy atom. The Labute approximate surface area is 233 Å². The van der Waals surface area contributed by atoms with Crippen LogP contribution in [-0.4, -0.2) is 62.6 Å². The number of rotatable bonds is 6. The van der Waals surface area contributed by atoms with Gasteiger partial charge in [0.1, 0.15) is 17.5 Å². The minimum Gasteiger partial charge on any atom is -0.354 e. The van der Waals surface area contributed by atoms with E-state index in [9.17, 15) is 9.18 Å². The maximum Gasteiger partial charge on any atom is 0.229 e. The largest absolute Gasteiger partial charge is 0.354 e. The molecule has 0 radical (unpaired) electrons. The SMILES string of the molecule is Cc1ccc(Cc2nc(N3CCCN(C(=O)C(C)(C)CCl)CC3)c3c(C)nn(-c4ccc(F)cc4)c3n2)cc1. The normalized spacial score (nSPS) is 14.6. The van der Waals surface area contributed by atoms with Crippen LogP contribution in [0.1, 0.15) is 42.9 Å². The molecule has 1 aliphatic heterocycles. The van der Waals surface area contributed by atoms with Gasteiger partial charge in [-0.1, -0.05) is 29.8 Å². The maximum absolute atomic E-state index is 13.7. The predicted octanol–water partition coefficient (Wildman–Crippen LogP) is 5.47. The van der Waals surface area contributed by atoms with Gasteiger partial charge in [0.25, 0.3) is 0 Å². The van der Waals surface area contributed by atoms with E-state index >= 15 is 0 Å². The fraction of sp³-hybridized carbons (Fsp3) is 0.400. The Hall–Kier alpha value is -3.52. The van der Waals surface area contributed by atoms with Crippen molar-refractivity contribution < 1.29 is 9.18 Å². The average molecular weight is 549 g/mol. The Morgan fingerprint density at radius 2 is 1.69 bits per heavy atom.